The molecule has 0 aliphatic carbocycles. The normalized spacial score (nSPS) is 17.9. The van der Waals surface area contributed by atoms with E-state index in [0.29, 0.717) is 35.8 Å². The van der Waals surface area contributed by atoms with Crippen LogP contribution in [0.1, 0.15) is 48.6 Å². The Morgan fingerprint density at radius 3 is 2.54 bits per heavy atom. The van der Waals surface area contributed by atoms with Crippen molar-refractivity contribution in [3.8, 4) is 5.75 Å². The predicted molar refractivity (Wildman–Crippen MR) is 160 cm³/mol. The van der Waals surface area contributed by atoms with Crippen molar-refractivity contribution in [1.29, 1.82) is 0 Å². The van der Waals surface area contributed by atoms with Crippen LogP contribution < -0.4 is 15.6 Å². The van der Waals surface area contributed by atoms with Gasteiger partial charge >= 0.3 is 0 Å². The second-order valence-corrected chi connectivity index (χ2v) is 10.8. The Morgan fingerprint density at radius 1 is 1.15 bits per heavy atom. The van der Waals surface area contributed by atoms with E-state index in [0.717, 1.165) is 15.6 Å². The quantitative estimate of drug-likeness (QED) is 0.0755. The number of hydrazine groups is 1. The molecular formula is C30H33BrN6O4. The summed E-state index contributed by atoms with van der Waals surface area (Å²) in [4.78, 5) is 22.1. The van der Waals surface area contributed by atoms with Gasteiger partial charge in [-0.1, -0.05) is 63.5 Å². The van der Waals surface area contributed by atoms with Crippen molar-refractivity contribution in [3.63, 3.8) is 0 Å². The van der Waals surface area contributed by atoms with E-state index in [-0.39, 0.29) is 31.5 Å². The largest absolute Gasteiger partial charge is 0.494 e. The van der Waals surface area contributed by atoms with Crippen LogP contribution in [0.4, 0.5) is 0 Å². The maximum Gasteiger partial charge on any atom is 0.266 e. The first-order valence-corrected chi connectivity index (χ1v) is 14.2. The van der Waals surface area contributed by atoms with E-state index < -0.39 is 11.6 Å². The number of aliphatic hydroxyl groups excluding tert-OH is 1. The first-order chi connectivity index (χ1) is 19.9. The highest BCUT2D eigenvalue weighted by Crippen LogP contribution is 2.44. The van der Waals surface area contributed by atoms with Gasteiger partial charge in [-0.15, -0.1) is 0 Å². The molecule has 11 heteroatoms. The summed E-state index contributed by atoms with van der Waals surface area (Å²) in [5.41, 5.74) is 16.5. The minimum atomic E-state index is -1.41. The highest BCUT2D eigenvalue weighted by Gasteiger charge is 2.54. The summed E-state index contributed by atoms with van der Waals surface area (Å²) in [5.74, 6) is 0.599. The van der Waals surface area contributed by atoms with Gasteiger partial charge in [0.15, 0.2) is 11.6 Å². The van der Waals surface area contributed by atoms with Crippen molar-refractivity contribution in [2.24, 2.45) is 10.1 Å². The lowest BCUT2D eigenvalue weighted by Crippen LogP contribution is -2.55. The minimum absolute atomic E-state index is 0.0145. The summed E-state index contributed by atoms with van der Waals surface area (Å²) in [6.45, 7) is 4.40. The zero-order valence-electron chi connectivity index (χ0n) is 23.0. The number of nitrogens with zero attached hydrogens (tertiary/aromatic N) is 4. The van der Waals surface area contributed by atoms with Crippen LogP contribution in [0.25, 0.3) is 10.4 Å². The van der Waals surface area contributed by atoms with Crippen LogP contribution >= 0.6 is 15.9 Å². The summed E-state index contributed by atoms with van der Waals surface area (Å²) < 4.78 is 13.1. The highest BCUT2D eigenvalue weighted by atomic mass is 79.9. The molecule has 1 heterocycles. The fourth-order valence-electron chi connectivity index (χ4n) is 4.55. The summed E-state index contributed by atoms with van der Waals surface area (Å²) in [6.07, 6.45) is -0.0676. The Labute approximate surface area is 247 Å². The molecule has 0 aromatic heterocycles. The molecule has 3 aromatic rings. The van der Waals surface area contributed by atoms with Crippen LogP contribution in [0.2, 0.25) is 0 Å². The molecule has 0 spiro atoms. The first kappa shape index (κ1) is 30.1. The van der Waals surface area contributed by atoms with Gasteiger partial charge in [-0.3, -0.25) is 10.2 Å². The topological polar surface area (TPSA) is 141 Å². The second kappa shape index (κ2) is 14.1. The molecule has 4 rings (SSSR count). The van der Waals surface area contributed by atoms with E-state index in [4.69, 9.17) is 25.1 Å². The van der Waals surface area contributed by atoms with Crippen LogP contribution in [0.5, 0.6) is 5.75 Å². The number of nitrogens with one attached hydrogen (secondary N) is 2. The van der Waals surface area contributed by atoms with Gasteiger partial charge in [-0.25, -0.2) is 10.4 Å². The lowest BCUT2D eigenvalue weighted by Gasteiger charge is -2.32. The fraction of sp³-hybridized carbons (Fsp3) is 0.333. The molecule has 2 atom stereocenters. The average molecular weight is 622 g/mol. The van der Waals surface area contributed by atoms with Crippen molar-refractivity contribution < 1.29 is 19.4 Å². The second-order valence-electron chi connectivity index (χ2n) is 9.90. The van der Waals surface area contributed by atoms with E-state index in [1.54, 1.807) is 12.1 Å². The van der Waals surface area contributed by atoms with Gasteiger partial charge in [0.2, 0.25) is 5.90 Å². The zero-order valence-corrected chi connectivity index (χ0v) is 24.5. The molecule has 3 aromatic carbocycles. The molecule has 10 nitrogen and oxygen atoms in total. The predicted octanol–water partition coefficient (Wildman–Crippen LogP) is 5.55. The molecule has 0 saturated carbocycles. The number of carbonyl (C=O) groups is 1. The number of carbonyl (C=O) groups excluding carboxylic acids is 1. The van der Waals surface area contributed by atoms with Gasteiger partial charge in [-0.05, 0) is 66.4 Å². The Balaban J connectivity index is 1.84. The first-order valence-electron chi connectivity index (χ1n) is 13.4. The number of aliphatic hydroxyl groups is 1. The standard InChI is InChI=1S/C30H33BrN6O4/c1-20(2)35-36-29(39)30(18-22-8-4-6-11-26(22)31)27(25-10-5-3-9-23(25)19-33-37-32)41-28(34-30)21-12-14-24(15-13-21)40-17-7-16-38/h3-6,8-15,20,27,35,38H,7,16-19H2,1-2H3,(H,36,39)/t27-,30-/m0/s1. The Kier molecular flexibility index (Phi) is 10.4. The van der Waals surface area contributed by atoms with E-state index in [9.17, 15) is 4.79 Å². The molecule has 0 saturated heterocycles. The maximum atomic E-state index is 14.2. The van der Waals surface area contributed by atoms with Gasteiger partial charge in [0.05, 0.1) is 13.2 Å². The molecule has 0 bridgehead atoms. The van der Waals surface area contributed by atoms with Gasteiger partial charge in [0.25, 0.3) is 5.91 Å². The number of hydrogen-bond donors (Lipinski definition) is 3. The van der Waals surface area contributed by atoms with Crippen molar-refractivity contribution in [3.05, 3.63) is 110 Å². The van der Waals surface area contributed by atoms with E-state index in [1.807, 2.05) is 74.5 Å². The monoisotopic (exact) mass is 620 g/mol. The summed E-state index contributed by atoms with van der Waals surface area (Å²) >= 11 is 3.64. The Bertz CT molecular complexity index is 1420. The molecule has 0 radical (unpaired) electrons. The third-order valence-electron chi connectivity index (χ3n) is 6.56. The molecule has 3 N–H and O–H groups in total. The molecular weight excluding hydrogens is 588 g/mol. The third kappa shape index (κ3) is 7.25. The number of azide groups is 1. The van der Waals surface area contributed by atoms with Crippen LogP contribution in [-0.4, -0.2) is 41.7 Å². The summed E-state index contributed by atoms with van der Waals surface area (Å²) in [5, 5.41) is 12.8. The van der Waals surface area contributed by atoms with Crippen molar-refractivity contribution in [2.45, 2.75) is 50.9 Å². The molecule has 1 amide bonds. The fourth-order valence-corrected chi connectivity index (χ4v) is 4.98. The lowest BCUT2D eigenvalue weighted by atomic mass is 9.80. The van der Waals surface area contributed by atoms with Gasteiger partial charge in [0.1, 0.15) is 5.75 Å². The van der Waals surface area contributed by atoms with Gasteiger partial charge < -0.3 is 14.6 Å². The number of aliphatic imine (C=N–C) groups is 1. The third-order valence-corrected chi connectivity index (χ3v) is 7.34. The number of hydrogen-bond acceptors (Lipinski definition) is 7. The van der Waals surface area contributed by atoms with Crippen molar-refractivity contribution >= 4 is 27.7 Å². The van der Waals surface area contributed by atoms with Gasteiger partial charge in [0, 0.05) is 40.4 Å². The van der Waals surface area contributed by atoms with Crippen LogP contribution in [0.15, 0.2) is 87.4 Å². The zero-order chi connectivity index (χ0) is 29.2. The maximum absolute atomic E-state index is 14.2. The number of amides is 1. The number of rotatable bonds is 13. The van der Waals surface area contributed by atoms with Crippen LogP contribution in [0, 0.1) is 0 Å². The molecule has 41 heavy (non-hydrogen) atoms. The Hall–Kier alpha value is -3.89. The molecule has 0 fully saturated rings. The molecule has 214 valence electrons. The minimum Gasteiger partial charge on any atom is -0.494 e. The van der Waals surface area contributed by atoms with E-state index in [2.05, 4.69) is 36.8 Å². The molecule has 0 unspecified atom stereocenters. The summed E-state index contributed by atoms with van der Waals surface area (Å²) in [6, 6.07) is 22.4. The van der Waals surface area contributed by atoms with Crippen LogP contribution in [-0.2, 0) is 22.5 Å². The van der Waals surface area contributed by atoms with Gasteiger partial charge in [-0.2, -0.15) is 0 Å². The smallest absolute Gasteiger partial charge is 0.266 e. The number of benzene rings is 3. The summed E-state index contributed by atoms with van der Waals surface area (Å²) in [7, 11) is 0. The van der Waals surface area contributed by atoms with E-state index in [1.165, 1.54) is 0 Å². The average Bonchev–Trinajstić information content (AvgIpc) is 3.37. The molecule has 1 aliphatic heterocycles. The van der Waals surface area contributed by atoms with Crippen molar-refractivity contribution in [2.75, 3.05) is 13.2 Å². The highest BCUT2D eigenvalue weighted by molar-refractivity contribution is 9.10. The SMILES string of the molecule is CC(C)NNC(=O)[C@@]1(Cc2ccccc2Br)N=C(c2ccc(OCCCO)cc2)O[C@H]1c1ccccc1CN=[N+]=[N-]. The lowest BCUT2D eigenvalue weighted by molar-refractivity contribution is -0.130. The molecule has 1 aliphatic rings. The van der Waals surface area contributed by atoms with Crippen molar-refractivity contribution in [1.82, 2.24) is 10.9 Å². The Morgan fingerprint density at radius 2 is 1.85 bits per heavy atom. The van der Waals surface area contributed by atoms with E-state index >= 15 is 0 Å². The van der Waals surface area contributed by atoms with Crippen LogP contribution in [0.3, 0.4) is 0 Å². The number of ether oxygens (including phenoxy) is 2. The number of halogens is 1.